The fraction of sp³-hybridized carbons (Fsp3) is 0.417. The zero-order valence-electron chi connectivity index (χ0n) is 11.7. The first-order valence-corrected chi connectivity index (χ1v) is 8.00. The molecule has 0 radical (unpaired) electrons. The molecule has 10 heteroatoms. The smallest absolute Gasteiger partial charge is 0.396 e. The minimum absolute atomic E-state index is 0.0939. The second kappa shape index (κ2) is 7.19. The van der Waals surface area contributed by atoms with Gasteiger partial charge in [-0.1, -0.05) is 23.7 Å². The van der Waals surface area contributed by atoms with Crippen LogP contribution in [0.3, 0.4) is 0 Å². The number of nitrogens with zero attached hydrogens (tertiary/aromatic N) is 1. The van der Waals surface area contributed by atoms with Crippen molar-refractivity contribution >= 4 is 33.0 Å². The van der Waals surface area contributed by atoms with Crippen LogP contribution in [-0.2, 0) is 14.9 Å². The number of rotatable bonds is 6. The normalized spacial score (nSPS) is 13.1. The number of benzene rings is 1. The molecule has 1 rings (SSSR count). The molecule has 0 bridgehead atoms. The van der Waals surface area contributed by atoms with Crippen LogP contribution in [0.25, 0.3) is 0 Å². The zero-order chi connectivity index (χ0) is 17.0. The lowest BCUT2D eigenvalue weighted by atomic mass is 10.1. The van der Waals surface area contributed by atoms with E-state index in [1.54, 1.807) is 0 Å². The van der Waals surface area contributed by atoms with Crippen molar-refractivity contribution < 1.29 is 26.4 Å². The molecule has 0 heterocycles. The molecule has 1 N–H and O–H groups in total. The topological polar surface area (TPSA) is 67.8 Å². The first kappa shape index (κ1) is 18.6. The Morgan fingerprint density at radius 3 is 2.59 bits per heavy atom. The highest BCUT2D eigenvalue weighted by Crippen LogP contribution is 2.28. The Balaban J connectivity index is 3.19. The van der Waals surface area contributed by atoms with E-state index in [0.717, 1.165) is 6.07 Å². The largest absolute Gasteiger partial charge is 0.516 e. The summed E-state index contributed by atoms with van der Waals surface area (Å²) in [5.74, 6) is 0. The van der Waals surface area contributed by atoms with Crippen LogP contribution in [0.1, 0.15) is 25.8 Å². The van der Waals surface area contributed by atoms with Crippen LogP contribution in [0.4, 0.5) is 18.9 Å². The predicted octanol–water partition coefficient (Wildman–Crippen LogP) is 3.75. The highest BCUT2D eigenvalue weighted by atomic mass is 35.5. The van der Waals surface area contributed by atoms with Crippen molar-refractivity contribution in [1.29, 1.82) is 0 Å². The van der Waals surface area contributed by atoms with Crippen molar-refractivity contribution in [1.82, 2.24) is 0 Å². The Kier molecular flexibility index (Phi) is 6.07. The molecule has 0 fully saturated rings. The molecule has 1 aromatic rings. The van der Waals surface area contributed by atoms with Gasteiger partial charge in [-0.2, -0.15) is 21.6 Å². The van der Waals surface area contributed by atoms with Crippen molar-refractivity contribution in [2.75, 3.05) is 11.3 Å². The van der Waals surface area contributed by atoms with Gasteiger partial charge in [-0.3, -0.25) is 4.72 Å². The lowest BCUT2D eigenvalue weighted by Crippen LogP contribution is -2.30. The Hall–Kier alpha value is -1.48. The number of oxime groups is 1. The van der Waals surface area contributed by atoms with E-state index in [4.69, 9.17) is 16.4 Å². The zero-order valence-corrected chi connectivity index (χ0v) is 13.3. The summed E-state index contributed by atoms with van der Waals surface area (Å²) in [5.41, 5.74) is -5.43. The Morgan fingerprint density at radius 2 is 2.05 bits per heavy atom. The monoisotopic (exact) mass is 358 g/mol. The van der Waals surface area contributed by atoms with Crippen LogP contribution in [-0.4, -0.2) is 26.2 Å². The first-order chi connectivity index (χ1) is 10.1. The second-order valence-corrected chi connectivity index (χ2v) is 6.36. The quantitative estimate of drug-likeness (QED) is 0.478. The maximum absolute atomic E-state index is 12.4. The van der Waals surface area contributed by atoms with E-state index in [1.807, 2.05) is 6.92 Å². The molecule has 0 aliphatic heterocycles. The summed E-state index contributed by atoms with van der Waals surface area (Å²) < 4.78 is 61.2. The maximum Gasteiger partial charge on any atom is 0.516 e. The Morgan fingerprint density at radius 1 is 1.41 bits per heavy atom. The highest BCUT2D eigenvalue weighted by Gasteiger charge is 2.46. The molecule has 0 amide bonds. The summed E-state index contributed by atoms with van der Waals surface area (Å²) in [5, 5.41) is 3.94. The van der Waals surface area contributed by atoms with Gasteiger partial charge in [0.25, 0.3) is 0 Å². The van der Waals surface area contributed by atoms with Gasteiger partial charge in [-0.15, -0.1) is 0 Å². The van der Waals surface area contributed by atoms with Crippen molar-refractivity contribution in [2.45, 2.75) is 25.8 Å². The van der Waals surface area contributed by atoms with E-state index in [2.05, 4.69) is 5.16 Å². The summed E-state index contributed by atoms with van der Waals surface area (Å²) in [4.78, 5) is 4.94. The molecule has 0 unspecified atom stereocenters. The van der Waals surface area contributed by atoms with Gasteiger partial charge >= 0.3 is 15.5 Å². The first-order valence-electron chi connectivity index (χ1n) is 6.14. The minimum Gasteiger partial charge on any atom is -0.396 e. The standard InChI is InChI=1S/C12H14ClF3N2O3S/c1-3-6-21-17-8(2)10-7-9(13)4-5-11(10)18-22(19,20)12(14,15)16/h4-5,7,18H,3,6H2,1-2H3/b17-8+. The number of alkyl halides is 3. The fourth-order valence-electron chi connectivity index (χ4n) is 1.39. The fourth-order valence-corrected chi connectivity index (χ4v) is 2.15. The number of nitrogens with one attached hydrogen (secondary N) is 1. The third-order valence-electron chi connectivity index (χ3n) is 2.42. The summed E-state index contributed by atoms with van der Waals surface area (Å²) in [7, 11) is -5.53. The van der Waals surface area contributed by atoms with Gasteiger partial charge in [0.1, 0.15) is 6.61 Å². The van der Waals surface area contributed by atoms with E-state index in [9.17, 15) is 21.6 Å². The summed E-state index contributed by atoms with van der Waals surface area (Å²) in [6.45, 7) is 3.64. The molecule has 5 nitrogen and oxygen atoms in total. The molecular formula is C12H14ClF3N2O3S. The van der Waals surface area contributed by atoms with Gasteiger partial charge in [0.15, 0.2) is 0 Å². The maximum atomic E-state index is 12.4. The number of sulfonamides is 1. The van der Waals surface area contributed by atoms with Gasteiger partial charge in [-0.25, -0.2) is 0 Å². The molecule has 1 aromatic carbocycles. The Bertz CT molecular complexity index is 660. The van der Waals surface area contributed by atoms with E-state index in [-0.39, 0.29) is 22.0 Å². The third kappa shape index (κ3) is 4.77. The molecule has 0 aliphatic rings. The van der Waals surface area contributed by atoms with Crippen molar-refractivity contribution in [3.8, 4) is 0 Å². The molecule has 0 aromatic heterocycles. The van der Waals surface area contributed by atoms with E-state index < -0.39 is 15.5 Å². The summed E-state index contributed by atoms with van der Waals surface area (Å²) in [6.07, 6.45) is 0.694. The van der Waals surface area contributed by atoms with E-state index in [0.29, 0.717) is 13.0 Å². The van der Waals surface area contributed by atoms with Gasteiger partial charge in [0.05, 0.1) is 11.4 Å². The summed E-state index contributed by atoms with van der Waals surface area (Å²) in [6, 6.07) is 3.68. The van der Waals surface area contributed by atoms with Gasteiger partial charge < -0.3 is 4.84 Å². The third-order valence-corrected chi connectivity index (χ3v) is 3.75. The van der Waals surface area contributed by atoms with Gasteiger partial charge in [-0.05, 0) is 31.5 Å². The molecule has 0 aliphatic carbocycles. The van der Waals surface area contributed by atoms with E-state index in [1.165, 1.54) is 23.8 Å². The highest BCUT2D eigenvalue weighted by molar-refractivity contribution is 7.93. The molecule has 0 saturated carbocycles. The molecule has 0 atom stereocenters. The molecule has 124 valence electrons. The number of halogens is 4. The predicted molar refractivity (Wildman–Crippen MR) is 78.5 cm³/mol. The lowest BCUT2D eigenvalue weighted by Gasteiger charge is -2.14. The minimum atomic E-state index is -5.53. The van der Waals surface area contributed by atoms with Crippen LogP contribution >= 0.6 is 11.6 Å². The van der Waals surface area contributed by atoms with Crippen LogP contribution in [0.2, 0.25) is 5.02 Å². The average Bonchev–Trinajstić information content (AvgIpc) is 2.39. The van der Waals surface area contributed by atoms with E-state index >= 15 is 0 Å². The van der Waals surface area contributed by atoms with Crippen molar-refractivity contribution in [3.05, 3.63) is 28.8 Å². The van der Waals surface area contributed by atoms with Crippen LogP contribution in [0.15, 0.2) is 23.4 Å². The van der Waals surface area contributed by atoms with Crippen molar-refractivity contribution in [3.63, 3.8) is 0 Å². The van der Waals surface area contributed by atoms with Crippen LogP contribution in [0.5, 0.6) is 0 Å². The average molecular weight is 359 g/mol. The Labute approximate surface area is 131 Å². The second-order valence-electron chi connectivity index (χ2n) is 4.25. The lowest BCUT2D eigenvalue weighted by molar-refractivity contribution is -0.0429. The molecule has 0 spiro atoms. The molecule has 0 saturated heterocycles. The molecule has 22 heavy (non-hydrogen) atoms. The van der Waals surface area contributed by atoms with Gasteiger partial charge in [0, 0.05) is 10.6 Å². The van der Waals surface area contributed by atoms with Crippen LogP contribution in [0, 0.1) is 0 Å². The number of hydrogen-bond acceptors (Lipinski definition) is 4. The van der Waals surface area contributed by atoms with Gasteiger partial charge in [0.2, 0.25) is 0 Å². The van der Waals surface area contributed by atoms with Crippen molar-refractivity contribution in [2.24, 2.45) is 5.16 Å². The van der Waals surface area contributed by atoms with Crippen LogP contribution < -0.4 is 4.72 Å². The SMILES string of the molecule is CCCO/N=C(\C)c1cc(Cl)ccc1NS(=O)(=O)C(F)(F)F. The number of hydrogen-bond donors (Lipinski definition) is 1. The molecular weight excluding hydrogens is 345 g/mol. The summed E-state index contributed by atoms with van der Waals surface area (Å²) >= 11 is 5.79. The number of anilines is 1.